The Labute approximate surface area is 108 Å². The summed E-state index contributed by atoms with van der Waals surface area (Å²) in [4.78, 5) is 13.1. The number of hydrogen-bond acceptors (Lipinski definition) is 3. The van der Waals surface area contributed by atoms with Crippen LogP contribution in [0.3, 0.4) is 0 Å². The average Bonchev–Trinajstić information content (AvgIpc) is 2.58. The quantitative estimate of drug-likeness (QED) is 0.756. The van der Waals surface area contributed by atoms with E-state index in [9.17, 15) is 4.79 Å². The normalized spacial score (nSPS) is 17.1. The van der Waals surface area contributed by atoms with Gasteiger partial charge in [-0.3, -0.25) is 9.48 Å². The van der Waals surface area contributed by atoms with E-state index in [2.05, 4.69) is 26.3 Å². The molecule has 0 aliphatic carbocycles. The van der Waals surface area contributed by atoms with Crippen molar-refractivity contribution < 1.29 is 14.4 Å². The van der Waals surface area contributed by atoms with Gasteiger partial charge in [0.05, 0.1) is 17.7 Å². The van der Waals surface area contributed by atoms with Crippen LogP contribution in [-0.4, -0.2) is 48.5 Å². The van der Waals surface area contributed by atoms with E-state index in [-0.39, 0.29) is 5.91 Å². The molecule has 1 aromatic heterocycles. The number of nitrogens with one attached hydrogen (secondary N) is 2. The van der Waals surface area contributed by atoms with E-state index in [0.717, 1.165) is 30.8 Å². The van der Waals surface area contributed by atoms with Gasteiger partial charge < -0.3 is 15.0 Å². The molecule has 6 nitrogen and oxygen atoms in total. The zero-order valence-corrected chi connectivity index (χ0v) is 11.3. The molecule has 1 aliphatic heterocycles. The van der Waals surface area contributed by atoms with Gasteiger partial charge in [-0.15, -0.1) is 0 Å². The van der Waals surface area contributed by atoms with Crippen LogP contribution < -0.4 is 10.2 Å². The van der Waals surface area contributed by atoms with Crippen LogP contribution in [0.2, 0.25) is 0 Å². The van der Waals surface area contributed by atoms with Gasteiger partial charge in [-0.25, -0.2) is 0 Å². The minimum Gasteiger partial charge on any atom is -0.370 e. The number of quaternary nitrogens is 1. The molecule has 0 spiro atoms. The monoisotopic (exact) mass is 303 g/mol. The van der Waals surface area contributed by atoms with E-state index < -0.39 is 0 Å². The first-order chi connectivity index (χ1) is 8.15. The lowest BCUT2D eigenvalue weighted by molar-refractivity contribution is -0.899. The summed E-state index contributed by atoms with van der Waals surface area (Å²) < 4.78 is 7.70. The third-order valence-electron chi connectivity index (χ3n) is 2.65. The molecule has 2 rings (SSSR count). The molecule has 94 valence electrons. The van der Waals surface area contributed by atoms with Crippen LogP contribution in [0.4, 0.5) is 5.82 Å². The maximum atomic E-state index is 11.8. The molecule has 1 saturated heterocycles. The molecule has 0 unspecified atom stereocenters. The summed E-state index contributed by atoms with van der Waals surface area (Å²) in [5.41, 5.74) is 0. The van der Waals surface area contributed by atoms with Gasteiger partial charge in [-0.05, 0) is 15.9 Å². The standard InChI is InChI=1S/C10H15BrN4O2/c1-14-6-8(11)10(13-14)12-9(16)7-15-2-4-17-5-3-15/h6H,2-5,7H2,1H3,(H,12,13,16)/p+1. The third-order valence-corrected chi connectivity index (χ3v) is 3.23. The van der Waals surface area contributed by atoms with Crippen molar-refractivity contribution in [3.8, 4) is 0 Å². The second-order valence-corrected chi connectivity index (χ2v) is 4.94. The van der Waals surface area contributed by atoms with Gasteiger partial charge in [0, 0.05) is 13.2 Å². The minimum absolute atomic E-state index is 0.0127. The summed E-state index contributed by atoms with van der Waals surface area (Å²) in [6.45, 7) is 3.70. The molecule has 7 heteroatoms. The van der Waals surface area contributed by atoms with E-state index in [4.69, 9.17) is 4.74 Å². The number of aryl methyl sites for hydroxylation is 1. The molecule has 0 radical (unpaired) electrons. The highest BCUT2D eigenvalue weighted by Gasteiger charge is 2.18. The van der Waals surface area contributed by atoms with E-state index in [1.54, 1.807) is 10.9 Å². The number of carbonyl (C=O) groups is 1. The predicted octanol–water partition coefficient (Wildman–Crippen LogP) is -0.964. The fraction of sp³-hybridized carbons (Fsp3) is 0.600. The van der Waals surface area contributed by atoms with Crippen molar-refractivity contribution in [1.82, 2.24) is 9.78 Å². The maximum Gasteiger partial charge on any atom is 0.280 e. The number of ether oxygens (including phenoxy) is 1. The van der Waals surface area contributed by atoms with Crippen molar-refractivity contribution in [2.75, 3.05) is 38.2 Å². The van der Waals surface area contributed by atoms with Crippen LogP contribution in [0.5, 0.6) is 0 Å². The lowest BCUT2D eigenvalue weighted by Crippen LogP contribution is -3.15. The summed E-state index contributed by atoms with van der Waals surface area (Å²) in [6, 6.07) is 0. The molecule has 17 heavy (non-hydrogen) atoms. The molecular formula is C10H16BrN4O2+. The lowest BCUT2D eigenvalue weighted by Gasteiger charge is -2.22. The Balaban J connectivity index is 1.86. The van der Waals surface area contributed by atoms with E-state index >= 15 is 0 Å². The van der Waals surface area contributed by atoms with Crippen LogP contribution in [0.25, 0.3) is 0 Å². The van der Waals surface area contributed by atoms with Gasteiger partial charge in [0.1, 0.15) is 13.1 Å². The number of nitrogens with zero attached hydrogens (tertiary/aromatic N) is 2. The van der Waals surface area contributed by atoms with Gasteiger partial charge in [-0.2, -0.15) is 5.10 Å². The SMILES string of the molecule is Cn1cc(Br)c(NC(=O)C[NH+]2CCOCC2)n1. The molecule has 0 saturated carbocycles. The molecule has 1 amide bonds. The van der Waals surface area contributed by atoms with Gasteiger partial charge in [0.2, 0.25) is 0 Å². The fourth-order valence-corrected chi connectivity index (χ4v) is 2.26. The van der Waals surface area contributed by atoms with Crippen LogP contribution in [0.1, 0.15) is 0 Å². The van der Waals surface area contributed by atoms with Crippen LogP contribution in [0.15, 0.2) is 10.7 Å². The highest BCUT2D eigenvalue weighted by atomic mass is 79.9. The summed E-state index contributed by atoms with van der Waals surface area (Å²) in [5.74, 6) is 0.562. The Morgan fingerprint density at radius 2 is 2.35 bits per heavy atom. The lowest BCUT2D eigenvalue weighted by atomic mass is 10.4. The van der Waals surface area contributed by atoms with Crippen molar-refractivity contribution in [3.05, 3.63) is 10.7 Å². The first-order valence-corrected chi connectivity index (χ1v) is 6.35. The number of aromatic nitrogens is 2. The highest BCUT2D eigenvalue weighted by molar-refractivity contribution is 9.10. The van der Waals surface area contributed by atoms with E-state index in [1.165, 1.54) is 4.90 Å². The molecule has 1 fully saturated rings. The van der Waals surface area contributed by atoms with Crippen molar-refractivity contribution >= 4 is 27.7 Å². The molecule has 2 heterocycles. The smallest absolute Gasteiger partial charge is 0.280 e. The second kappa shape index (κ2) is 5.61. The Morgan fingerprint density at radius 1 is 1.65 bits per heavy atom. The summed E-state index contributed by atoms with van der Waals surface area (Å²) in [5, 5.41) is 6.95. The van der Waals surface area contributed by atoms with Crippen LogP contribution in [-0.2, 0) is 16.6 Å². The van der Waals surface area contributed by atoms with Gasteiger partial charge >= 0.3 is 0 Å². The van der Waals surface area contributed by atoms with Crippen LogP contribution in [0, 0.1) is 0 Å². The average molecular weight is 304 g/mol. The predicted molar refractivity (Wildman–Crippen MR) is 65.9 cm³/mol. The Hall–Kier alpha value is -0.920. The molecular weight excluding hydrogens is 288 g/mol. The maximum absolute atomic E-state index is 11.8. The van der Waals surface area contributed by atoms with Crippen LogP contribution >= 0.6 is 15.9 Å². The zero-order chi connectivity index (χ0) is 12.3. The summed E-state index contributed by atoms with van der Waals surface area (Å²) >= 11 is 3.35. The fourth-order valence-electron chi connectivity index (χ4n) is 1.78. The number of hydrogen-bond donors (Lipinski definition) is 2. The van der Waals surface area contributed by atoms with Crippen molar-refractivity contribution in [2.45, 2.75) is 0 Å². The van der Waals surface area contributed by atoms with Crippen molar-refractivity contribution in [3.63, 3.8) is 0 Å². The number of rotatable bonds is 3. The Morgan fingerprint density at radius 3 is 2.94 bits per heavy atom. The minimum atomic E-state index is -0.0127. The molecule has 2 N–H and O–H groups in total. The molecule has 0 aromatic carbocycles. The van der Waals surface area contributed by atoms with Crippen molar-refractivity contribution in [1.29, 1.82) is 0 Å². The zero-order valence-electron chi connectivity index (χ0n) is 9.70. The van der Waals surface area contributed by atoms with E-state index in [0.29, 0.717) is 12.4 Å². The second-order valence-electron chi connectivity index (χ2n) is 4.09. The first kappa shape index (κ1) is 12.5. The number of morpholine rings is 1. The van der Waals surface area contributed by atoms with Gasteiger partial charge in [0.25, 0.3) is 5.91 Å². The summed E-state index contributed by atoms with van der Waals surface area (Å²) in [7, 11) is 1.81. The third kappa shape index (κ3) is 3.52. The number of halogens is 1. The Kier molecular flexibility index (Phi) is 4.14. The van der Waals surface area contributed by atoms with Crippen molar-refractivity contribution in [2.24, 2.45) is 7.05 Å². The summed E-state index contributed by atoms with van der Waals surface area (Å²) in [6.07, 6.45) is 1.80. The molecule has 1 aromatic rings. The van der Waals surface area contributed by atoms with Gasteiger partial charge in [0.15, 0.2) is 12.4 Å². The number of carbonyl (C=O) groups excluding carboxylic acids is 1. The van der Waals surface area contributed by atoms with Gasteiger partial charge in [-0.1, -0.05) is 0 Å². The first-order valence-electron chi connectivity index (χ1n) is 5.55. The largest absolute Gasteiger partial charge is 0.370 e. The molecule has 0 bridgehead atoms. The molecule has 1 aliphatic rings. The molecule has 0 atom stereocenters. The topological polar surface area (TPSA) is 60.6 Å². The number of amides is 1. The van der Waals surface area contributed by atoms with E-state index in [1.807, 2.05) is 7.05 Å². The number of anilines is 1. The Bertz CT molecular complexity index is 401. The highest BCUT2D eigenvalue weighted by Crippen LogP contribution is 2.18.